The number of carbonyl (C=O) groups is 4. The summed E-state index contributed by atoms with van der Waals surface area (Å²) in [6.07, 6.45) is 68.1. The Kier molecular flexibility index (Phi) is 75.6. The SMILES string of the molecule is CCCCCCCCCCCCCCCCCCCCCCCC(=O)O[C@H](COC(=O)CCCCCCCCCCCCCCCCC(C)CC)COP(=O)(O)OC[C@@H](O)COP(=O)(O)OC[C@@H](COC(=O)CCCCCCCCC(C)CC)OC(=O)CCCCCCCCCCCCCCCCC(C)C. The molecule has 0 aliphatic heterocycles. The zero-order valence-electron chi connectivity index (χ0n) is 69.9. The molecule has 0 saturated carbocycles. The van der Waals surface area contributed by atoms with Gasteiger partial charge in [-0.3, -0.25) is 37.3 Å². The first-order valence-corrected chi connectivity index (χ1v) is 47.9. The highest BCUT2D eigenvalue weighted by Gasteiger charge is 2.31. The van der Waals surface area contributed by atoms with Crippen molar-refractivity contribution in [3.63, 3.8) is 0 Å². The molecule has 0 fully saturated rings. The summed E-state index contributed by atoms with van der Waals surface area (Å²) in [7, 11) is -9.93. The van der Waals surface area contributed by atoms with Crippen molar-refractivity contribution in [3.05, 3.63) is 0 Å². The molecule has 0 amide bonds. The van der Waals surface area contributed by atoms with Crippen molar-refractivity contribution in [3.8, 4) is 0 Å². The van der Waals surface area contributed by atoms with Gasteiger partial charge in [0, 0.05) is 25.7 Å². The summed E-state index contributed by atoms with van der Waals surface area (Å²) in [6.45, 7) is 12.0. The molecule has 106 heavy (non-hydrogen) atoms. The predicted molar refractivity (Wildman–Crippen MR) is 437 cm³/mol. The Morgan fingerprint density at radius 1 is 0.274 bits per heavy atom. The molecule has 0 aromatic carbocycles. The van der Waals surface area contributed by atoms with Crippen LogP contribution in [0, 0.1) is 17.8 Å². The van der Waals surface area contributed by atoms with Gasteiger partial charge in [-0.15, -0.1) is 0 Å². The van der Waals surface area contributed by atoms with Gasteiger partial charge in [0.2, 0.25) is 0 Å². The molecule has 19 heteroatoms. The number of aliphatic hydroxyl groups excluding tert-OH is 1. The Bertz CT molecular complexity index is 2050. The molecule has 3 N–H and O–H groups in total. The van der Waals surface area contributed by atoms with Crippen LogP contribution in [0.15, 0.2) is 0 Å². The first-order valence-electron chi connectivity index (χ1n) is 44.9. The van der Waals surface area contributed by atoms with Gasteiger partial charge in [-0.1, -0.05) is 408 Å². The molecule has 0 saturated heterocycles. The molecule has 0 aliphatic rings. The predicted octanol–water partition coefficient (Wildman–Crippen LogP) is 26.5. The van der Waals surface area contributed by atoms with Gasteiger partial charge >= 0.3 is 39.5 Å². The topological polar surface area (TPSA) is 237 Å². The molecule has 4 unspecified atom stereocenters. The quantitative estimate of drug-likeness (QED) is 0.0222. The number of ether oxygens (including phenoxy) is 4. The third-order valence-electron chi connectivity index (χ3n) is 21.1. The maximum Gasteiger partial charge on any atom is 0.472 e. The van der Waals surface area contributed by atoms with Crippen LogP contribution in [0.4, 0.5) is 0 Å². The molecule has 0 rings (SSSR count). The summed E-state index contributed by atoms with van der Waals surface area (Å²) < 4.78 is 68.9. The lowest BCUT2D eigenvalue weighted by atomic mass is 9.99. The Morgan fingerprint density at radius 2 is 0.481 bits per heavy atom. The molecular formula is C87H170O17P2. The van der Waals surface area contributed by atoms with E-state index in [9.17, 15) is 43.2 Å². The van der Waals surface area contributed by atoms with Crippen molar-refractivity contribution in [2.45, 2.75) is 478 Å². The molecule has 0 spiro atoms. The molecule has 0 radical (unpaired) electrons. The van der Waals surface area contributed by atoms with Crippen LogP contribution in [0.2, 0.25) is 0 Å². The van der Waals surface area contributed by atoms with Gasteiger partial charge in [-0.05, 0) is 43.4 Å². The van der Waals surface area contributed by atoms with Crippen molar-refractivity contribution in [2.75, 3.05) is 39.6 Å². The van der Waals surface area contributed by atoms with E-state index in [0.717, 1.165) is 114 Å². The highest BCUT2D eigenvalue weighted by atomic mass is 31.2. The zero-order valence-corrected chi connectivity index (χ0v) is 71.7. The average molecular weight is 1550 g/mol. The maximum absolute atomic E-state index is 13.2. The van der Waals surface area contributed by atoms with Gasteiger partial charge in [0.05, 0.1) is 26.4 Å². The summed E-state index contributed by atoms with van der Waals surface area (Å²) in [5, 5.41) is 10.7. The largest absolute Gasteiger partial charge is 0.472 e. The third kappa shape index (κ3) is 77.4. The van der Waals surface area contributed by atoms with E-state index in [2.05, 4.69) is 48.5 Å². The fraction of sp³-hybridized carbons (Fsp3) is 0.954. The minimum atomic E-state index is -4.97. The molecule has 630 valence electrons. The highest BCUT2D eigenvalue weighted by Crippen LogP contribution is 2.45. The zero-order chi connectivity index (χ0) is 77.9. The van der Waals surface area contributed by atoms with Gasteiger partial charge in [0.15, 0.2) is 12.2 Å². The standard InChI is InChI=1S/C87H170O17P2/c1-8-11-12-13-14-15-16-17-18-19-20-21-22-23-24-32-37-42-47-56-63-70-86(91)103-82(74-97-84(89)68-61-54-46-41-36-31-28-26-30-35-40-45-52-59-66-79(6)9-2)76-101-105(93,94)99-72-81(88)73-100-106(95,96)102-77-83(75-98-85(90)69-62-55-50-49-53-60-67-80(7)10-3)104-87(92)71-64-57-48-43-38-33-27-25-29-34-39-44-51-58-65-78(4)5/h78-83,88H,8-77H2,1-7H3,(H,93,94)(H,95,96)/t79?,80?,81-,82-,83-/m1/s1. The molecular weight excluding hydrogens is 1380 g/mol. The van der Waals surface area contributed by atoms with Crippen LogP contribution < -0.4 is 0 Å². The van der Waals surface area contributed by atoms with Crippen LogP contribution in [-0.4, -0.2) is 96.7 Å². The summed E-state index contributed by atoms with van der Waals surface area (Å²) in [6, 6.07) is 0. The molecule has 0 heterocycles. The Hall–Kier alpha value is -1.94. The van der Waals surface area contributed by atoms with Crippen molar-refractivity contribution in [2.24, 2.45) is 17.8 Å². The smallest absolute Gasteiger partial charge is 0.462 e. The molecule has 0 aliphatic carbocycles. The fourth-order valence-electron chi connectivity index (χ4n) is 13.5. The van der Waals surface area contributed by atoms with Crippen molar-refractivity contribution < 1.29 is 80.2 Å². The fourth-order valence-corrected chi connectivity index (χ4v) is 15.1. The normalized spacial score (nSPS) is 14.4. The number of hydrogen-bond donors (Lipinski definition) is 3. The lowest BCUT2D eigenvalue weighted by Crippen LogP contribution is -2.30. The van der Waals surface area contributed by atoms with E-state index in [4.69, 9.17) is 37.0 Å². The number of esters is 4. The Balaban J connectivity index is 5.23. The van der Waals surface area contributed by atoms with Crippen LogP contribution in [0.25, 0.3) is 0 Å². The van der Waals surface area contributed by atoms with Gasteiger partial charge in [0.1, 0.15) is 19.3 Å². The van der Waals surface area contributed by atoms with Gasteiger partial charge in [-0.2, -0.15) is 0 Å². The number of rotatable bonds is 85. The maximum atomic E-state index is 13.2. The number of phosphoric acid groups is 2. The lowest BCUT2D eigenvalue weighted by Gasteiger charge is -2.21. The summed E-state index contributed by atoms with van der Waals surface area (Å²) >= 11 is 0. The average Bonchev–Trinajstić information content (AvgIpc) is 0.899. The van der Waals surface area contributed by atoms with Crippen LogP contribution >= 0.6 is 15.6 Å². The minimum absolute atomic E-state index is 0.107. The summed E-state index contributed by atoms with van der Waals surface area (Å²) in [5.74, 6) is 0.271. The van der Waals surface area contributed by atoms with E-state index in [0.29, 0.717) is 25.7 Å². The lowest BCUT2D eigenvalue weighted by molar-refractivity contribution is -0.161. The summed E-state index contributed by atoms with van der Waals surface area (Å²) in [5.41, 5.74) is 0. The molecule has 7 atom stereocenters. The number of carbonyl (C=O) groups excluding carboxylic acids is 4. The second-order valence-electron chi connectivity index (χ2n) is 32.2. The second kappa shape index (κ2) is 77.0. The van der Waals surface area contributed by atoms with Crippen LogP contribution in [-0.2, 0) is 65.4 Å². The van der Waals surface area contributed by atoms with Gasteiger partial charge in [-0.25, -0.2) is 9.13 Å². The van der Waals surface area contributed by atoms with Crippen LogP contribution in [0.3, 0.4) is 0 Å². The van der Waals surface area contributed by atoms with E-state index in [1.807, 2.05) is 0 Å². The Labute approximate surface area is 651 Å². The van der Waals surface area contributed by atoms with E-state index in [-0.39, 0.29) is 25.7 Å². The van der Waals surface area contributed by atoms with Crippen molar-refractivity contribution >= 4 is 39.5 Å². The number of aliphatic hydroxyl groups is 1. The number of phosphoric ester groups is 2. The van der Waals surface area contributed by atoms with Gasteiger partial charge in [0.25, 0.3) is 0 Å². The number of hydrogen-bond acceptors (Lipinski definition) is 15. The molecule has 0 bridgehead atoms. The molecule has 0 aromatic rings. The first kappa shape index (κ1) is 104. The summed E-state index contributed by atoms with van der Waals surface area (Å²) in [4.78, 5) is 73.3. The van der Waals surface area contributed by atoms with E-state index in [1.54, 1.807) is 0 Å². The van der Waals surface area contributed by atoms with Gasteiger partial charge < -0.3 is 33.8 Å². The minimum Gasteiger partial charge on any atom is -0.462 e. The molecule has 0 aromatic heterocycles. The first-order chi connectivity index (χ1) is 51.3. The van der Waals surface area contributed by atoms with E-state index in [1.165, 1.54) is 263 Å². The second-order valence-corrected chi connectivity index (χ2v) is 35.1. The van der Waals surface area contributed by atoms with Crippen LogP contribution in [0.5, 0.6) is 0 Å². The van der Waals surface area contributed by atoms with Crippen LogP contribution in [0.1, 0.15) is 459 Å². The highest BCUT2D eigenvalue weighted by molar-refractivity contribution is 7.47. The van der Waals surface area contributed by atoms with Crippen molar-refractivity contribution in [1.82, 2.24) is 0 Å². The van der Waals surface area contributed by atoms with Crippen molar-refractivity contribution in [1.29, 1.82) is 0 Å². The van der Waals surface area contributed by atoms with E-state index < -0.39 is 97.5 Å². The monoisotopic (exact) mass is 1550 g/mol. The Morgan fingerprint density at radius 3 is 0.717 bits per heavy atom. The van der Waals surface area contributed by atoms with E-state index >= 15 is 0 Å². The third-order valence-corrected chi connectivity index (χ3v) is 23.0. The molecule has 17 nitrogen and oxygen atoms in total. The number of unbranched alkanes of at least 4 members (excludes halogenated alkanes) is 51.